The Labute approximate surface area is 191 Å². The molecule has 32 heavy (non-hydrogen) atoms. The highest BCUT2D eigenvalue weighted by Gasteiger charge is 2.14. The highest BCUT2D eigenvalue weighted by Crippen LogP contribution is 2.34. The number of fused-ring (bicyclic) bond motifs is 2. The average molecular weight is 441 g/mol. The molecule has 4 aromatic rings. The van der Waals surface area contributed by atoms with Crippen molar-refractivity contribution in [1.29, 1.82) is 5.26 Å². The molecule has 0 aliphatic carbocycles. The van der Waals surface area contributed by atoms with E-state index in [4.69, 9.17) is 0 Å². The first-order valence-corrected chi connectivity index (χ1v) is 11.6. The van der Waals surface area contributed by atoms with E-state index in [0.29, 0.717) is 5.56 Å². The van der Waals surface area contributed by atoms with Crippen molar-refractivity contribution >= 4 is 43.8 Å². The molecule has 160 valence electrons. The van der Waals surface area contributed by atoms with Crippen LogP contribution in [-0.2, 0) is 0 Å². The molecule has 2 N–H and O–H groups in total. The average Bonchev–Trinajstić information content (AvgIpc) is 3.44. The molecule has 1 fully saturated rings. The van der Waals surface area contributed by atoms with Gasteiger partial charge in [-0.05, 0) is 37.4 Å². The molecule has 0 radical (unpaired) electrons. The minimum atomic E-state index is 0.527. The molecular formula is C25H24N6S. The van der Waals surface area contributed by atoms with Crippen LogP contribution in [0.15, 0.2) is 42.7 Å². The molecule has 1 aromatic carbocycles. The standard InChI is InChI=1S/C25H24N6S/c1-30-10-12-31(13-11-30)9-3-2-4-21-15-22-24(19(16-26)17-28-25(22)32-21)29-20-5-6-23-18(14-20)7-8-27-23/h5-8,14-15,17,27H,3,9-13H2,1H3,(H,28,29). The van der Waals surface area contributed by atoms with Crippen LogP contribution in [0.5, 0.6) is 0 Å². The zero-order valence-corrected chi connectivity index (χ0v) is 18.8. The number of nitrogens with zero attached hydrogens (tertiary/aromatic N) is 4. The SMILES string of the molecule is CN1CCN(CCC#Cc2cc3c(Nc4ccc5[nH]ccc5c4)c(C#N)cnc3s2)CC1. The zero-order chi connectivity index (χ0) is 21.9. The number of hydrogen-bond acceptors (Lipinski definition) is 6. The van der Waals surface area contributed by atoms with Gasteiger partial charge in [0.15, 0.2) is 0 Å². The van der Waals surface area contributed by atoms with Gasteiger partial charge in [0.25, 0.3) is 0 Å². The Bertz CT molecular complexity index is 1360. The quantitative estimate of drug-likeness (QED) is 0.461. The monoisotopic (exact) mass is 440 g/mol. The fourth-order valence-corrected chi connectivity index (χ4v) is 4.87. The summed E-state index contributed by atoms with van der Waals surface area (Å²) in [6.07, 6.45) is 4.42. The maximum Gasteiger partial charge on any atom is 0.126 e. The lowest BCUT2D eigenvalue weighted by Gasteiger charge is -2.31. The summed E-state index contributed by atoms with van der Waals surface area (Å²) in [7, 11) is 2.17. The number of hydrogen-bond donors (Lipinski definition) is 2. The van der Waals surface area contributed by atoms with E-state index in [0.717, 1.165) is 76.5 Å². The minimum absolute atomic E-state index is 0.527. The predicted molar refractivity (Wildman–Crippen MR) is 131 cm³/mol. The van der Waals surface area contributed by atoms with E-state index in [1.54, 1.807) is 17.5 Å². The molecule has 0 unspecified atom stereocenters. The van der Waals surface area contributed by atoms with E-state index in [-0.39, 0.29) is 0 Å². The number of nitriles is 1. The lowest BCUT2D eigenvalue weighted by Crippen LogP contribution is -2.44. The van der Waals surface area contributed by atoms with Crippen LogP contribution in [-0.4, -0.2) is 59.5 Å². The molecule has 1 saturated heterocycles. The summed E-state index contributed by atoms with van der Waals surface area (Å²) >= 11 is 1.57. The minimum Gasteiger partial charge on any atom is -0.361 e. The normalized spacial score (nSPS) is 14.9. The number of benzene rings is 1. The van der Waals surface area contributed by atoms with Gasteiger partial charge in [0.2, 0.25) is 0 Å². The molecular weight excluding hydrogens is 416 g/mol. The third-order valence-corrected chi connectivity index (χ3v) is 6.82. The smallest absolute Gasteiger partial charge is 0.126 e. The third-order valence-electron chi connectivity index (χ3n) is 5.87. The number of aromatic nitrogens is 2. The summed E-state index contributed by atoms with van der Waals surface area (Å²) in [4.78, 5) is 14.4. The van der Waals surface area contributed by atoms with Crippen LogP contribution in [0.4, 0.5) is 11.4 Å². The second-order valence-electron chi connectivity index (χ2n) is 8.09. The molecule has 1 aliphatic heterocycles. The Morgan fingerprint density at radius 2 is 2.06 bits per heavy atom. The molecule has 0 atom stereocenters. The fraction of sp³-hybridized carbons (Fsp3) is 0.280. The number of pyridine rings is 1. The maximum absolute atomic E-state index is 9.65. The van der Waals surface area contributed by atoms with E-state index in [2.05, 4.69) is 56.1 Å². The highest BCUT2D eigenvalue weighted by molar-refractivity contribution is 7.19. The van der Waals surface area contributed by atoms with Gasteiger partial charge in [-0.3, -0.25) is 4.90 Å². The number of H-pyrrole nitrogens is 1. The molecule has 1 aliphatic rings. The van der Waals surface area contributed by atoms with Crippen molar-refractivity contribution in [2.24, 2.45) is 0 Å². The van der Waals surface area contributed by atoms with Crippen LogP contribution < -0.4 is 5.32 Å². The van der Waals surface area contributed by atoms with Gasteiger partial charge in [-0.25, -0.2) is 4.98 Å². The van der Waals surface area contributed by atoms with Crippen LogP contribution in [0.3, 0.4) is 0 Å². The zero-order valence-electron chi connectivity index (χ0n) is 18.0. The van der Waals surface area contributed by atoms with Gasteiger partial charge in [-0.15, -0.1) is 11.3 Å². The van der Waals surface area contributed by atoms with Crippen molar-refractivity contribution in [1.82, 2.24) is 19.8 Å². The molecule has 0 bridgehead atoms. The van der Waals surface area contributed by atoms with Gasteiger partial charge in [0, 0.05) is 73.5 Å². The van der Waals surface area contributed by atoms with Crippen molar-refractivity contribution < 1.29 is 0 Å². The topological polar surface area (TPSA) is 71.0 Å². The Morgan fingerprint density at radius 3 is 2.91 bits per heavy atom. The van der Waals surface area contributed by atoms with Crippen LogP contribution >= 0.6 is 11.3 Å². The van der Waals surface area contributed by atoms with Crippen LogP contribution in [0.1, 0.15) is 16.9 Å². The number of anilines is 2. The number of likely N-dealkylation sites (N-methyl/N-ethyl adjacent to an activating group) is 1. The first-order chi connectivity index (χ1) is 15.7. The number of rotatable bonds is 4. The van der Waals surface area contributed by atoms with E-state index in [1.165, 1.54) is 0 Å². The molecule has 4 heterocycles. The van der Waals surface area contributed by atoms with E-state index in [1.807, 2.05) is 30.5 Å². The number of aromatic amines is 1. The Balaban J connectivity index is 1.36. The Hall–Kier alpha value is -3.36. The van der Waals surface area contributed by atoms with Gasteiger partial charge >= 0.3 is 0 Å². The van der Waals surface area contributed by atoms with Crippen molar-refractivity contribution in [3.05, 3.63) is 53.2 Å². The summed E-state index contributed by atoms with van der Waals surface area (Å²) in [6.45, 7) is 5.50. The summed E-state index contributed by atoms with van der Waals surface area (Å²) in [5, 5.41) is 15.2. The summed E-state index contributed by atoms with van der Waals surface area (Å²) in [5.41, 5.74) is 3.33. The lowest BCUT2D eigenvalue weighted by molar-refractivity contribution is 0.157. The first-order valence-electron chi connectivity index (χ1n) is 10.8. The maximum atomic E-state index is 9.65. The molecule has 3 aromatic heterocycles. The van der Waals surface area contributed by atoms with Gasteiger partial charge < -0.3 is 15.2 Å². The second kappa shape index (κ2) is 9.02. The predicted octanol–water partition coefficient (Wildman–Crippen LogP) is 4.38. The number of nitrogens with one attached hydrogen (secondary N) is 2. The van der Waals surface area contributed by atoms with E-state index < -0.39 is 0 Å². The lowest BCUT2D eigenvalue weighted by atomic mass is 10.1. The summed E-state index contributed by atoms with van der Waals surface area (Å²) in [6, 6.07) is 12.5. The number of thiophene rings is 1. The largest absolute Gasteiger partial charge is 0.361 e. The Kier molecular flexibility index (Phi) is 5.79. The van der Waals surface area contributed by atoms with Gasteiger partial charge in [0.1, 0.15) is 10.9 Å². The van der Waals surface area contributed by atoms with Gasteiger partial charge in [0.05, 0.1) is 16.1 Å². The van der Waals surface area contributed by atoms with E-state index in [9.17, 15) is 5.26 Å². The molecule has 0 amide bonds. The van der Waals surface area contributed by atoms with Crippen LogP contribution in [0.25, 0.3) is 21.1 Å². The van der Waals surface area contributed by atoms with Crippen molar-refractivity contribution in [3.8, 4) is 17.9 Å². The molecule has 0 saturated carbocycles. The van der Waals surface area contributed by atoms with Crippen molar-refractivity contribution in [2.75, 3.05) is 45.1 Å². The molecule has 6 nitrogen and oxygen atoms in total. The third kappa shape index (κ3) is 4.32. The summed E-state index contributed by atoms with van der Waals surface area (Å²) in [5.74, 6) is 6.63. The summed E-state index contributed by atoms with van der Waals surface area (Å²) < 4.78 is 0. The van der Waals surface area contributed by atoms with Gasteiger partial charge in [-0.1, -0.05) is 11.8 Å². The van der Waals surface area contributed by atoms with Crippen molar-refractivity contribution in [3.63, 3.8) is 0 Å². The van der Waals surface area contributed by atoms with Crippen molar-refractivity contribution in [2.45, 2.75) is 6.42 Å². The van der Waals surface area contributed by atoms with Crippen LogP contribution in [0.2, 0.25) is 0 Å². The molecule has 5 rings (SSSR count). The Morgan fingerprint density at radius 1 is 1.19 bits per heavy atom. The fourth-order valence-electron chi connectivity index (χ4n) is 3.98. The molecule has 0 spiro atoms. The molecule has 7 heteroatoms. The van der Waals surface area contributed by atoms with Crippen LogP contribution in [0, 0.1) is 23.2 Å². The highest BCUT2D eigenvalue weighted by atomic mass is 32.1. The van der Waals surface area contributed by atoms with E-state index >= 15 is 0 Å². The second-order valence-corrected chi connectivity index (χ2v) is 9.12. The number of piperazine rings is 1. The first kappa shape index (κ1) is 20.5. The van der Waals surface area contributed by atoms with Gasteiger partial charge in [-0.2, -0.15) is 5.26 Å².